The van der Waals surface area contributed by atoms with E-state index in [0.717, 1.165) is 5.01 Å². The fraction of sp³-hybridized carbons (Fsp3) is 0.692. The molecule has 7 heteroatoms. The van der Waals surface area contributed by atoms with Gasteiger partial charge in [0.05, 0.1) is 11.8 Å². The maximum Gasteiger partial charge on any atom is 0.307 e. The van der Waals surface area contributed by atoms with Crippen molar-refractivity contribution in [2.75, 3.05) is 5.32 Å². The highest BCUT2D eigenvalue weighted by atomic mass is 32.1. The molecule has 2 atom stereocenters. The number of carboxylic acids is 1. The van der Waals surface area contributed by atoms with Crippen LogP contribution in [0, 0.1) is 17.3 Å². The number of aromatic nitrogens is 2. The van der Waals surface area contributed by atoms with Crippen LogP contribution in [0.5, 0.6) is 0 Å². The molecule has 1 aromatic heterocycles. The van der Waals surface area contributed by atoms with Crippen LogP contribution < -0.4 is 5.32 Å². The first kappa shape index (κ1) is 14.9. The second-order valence-electron chi connectivity index (χ2n) is 6.77. The van der Waals surface area contributed by atoms with Crippen LogP contribution >= 0.6 is 11.3 Å². The first-order valence-electron chi connectivity index (χ1n) is 6.43. The van der Waals surface area contributed by atoms with E-state index >= 15 is 0 Å². The Hall–Kier alpha value is -1.50. The van der Waals surface area contributed by atoms with Gasteiger partial charge in [0.1, 0.15) is 5.01 Å². The van der Waals surface area contributed by atoms with Crippen molar-refractivity contribution in [1.29, 1.82) is 0 Å². The zero-order chi connectivity index (χ0) is 15.3. The number of hydrogen-bond acceptors (Lipinski definition) is 5. The smallest absolute Gasteiger partial charge is 0.307 e. The minimum atomic E-state index is -0.928. The van der Waals surface area contributed by atoms with E-state index in [-0.39, 0.29) is 11.3 Å². The van der Waals surface area contributed by atoms with Gasteiger partial charge in [-0.25, -0.2) is 0 Å². The Labute approximate surface area is 121 Å². The van der Waals surface area contributed by atoms with E-state index in [9.17, 15) is 9.59 Å². The van der Waals surface area contributed by atoms with Gasteiger partial charge in [-0.15, -0.1) is 10.2 Å². The summed E-state index contributed by atoms with van der Waals surface area (Å²) in [6.45, 7) is 9.63. The SMILES string of the molecule is CC(C)(C)c1nnc(NC(=O)[C@H]2[C@@H](C(=O)O)C2(C)C)s1. The molecule has 6 nitrogen and oxygen atoms in total. The Morgan fingerprint density at radius 1 is 1.25 bits per heavy atom. The van der Waals surface area contributed by atoms with Crippen molar-refractivity contribution in [2.45, 2.75) is 40.0 Å². The van der Waals surface area contributed by atoms with Gasteiger partial charge in [-0.3, -0.25) is 9.59 Å². The average Bonchev–Trinajstić information content (AvgIpc) is 2.67. The molecule has 1 saturated carbocycles. The fourth-order valence-electron chi connectivity index (χ4n) is 2.35. The maximum atomic E-state index is 12.1. The van der Waals surface area contributed by atoms with Crippen molar-refractivity contribution in [3.8, 4) is 0 Å². The fourth-order valence-corrected chi connectivity index (χ4v) is 3.15. The first-order valence-corrected chi connectivity index (χ1v) is 7.24. The zero-order valence-electron chi connectivity index (χ0n) is 12.2. The van der Waals surface area contributed by atoms with Gasteiger partial charge >= 0.3 is 5.97 Å². The van der Waals surface area contributed by atoms with E-state index in [1.54, 1.807) is 13.8 Å². The Morgan fingerprint density at radius 3 is 2.25 bits per heavy atom. The third-order valence-electron chi connectivity index (χ3n) is 3.67. The van der Waals surface area contributed by atoms with E-state index in [1.165, 1.54) is 11.3 Å². The molecule has 0 bridgehead atoms. The van der Waals surface area contributed by atoms with Crippen molar-refractivity contribution in [1.82, 2.24) is 10.2 Å². The molecule has 2 N–H and O–H groups in total. The van der Waals surface area contributed by atoms with Gasteiger partial charge < -0.3 is 10.4 Å². The summed E-state index contributed by atoms with van der Waals surface area (Å²) in [5.41, 5.74) is -0.628. The van der Waals surface area contributed by atoms with Crippen molar-refractivity contribution < 1.29 is 14.7 Å². The Balaban J connectivity index is 2.07. The van der Waals surface area contributed by atoms with Crippen molar-refractivity contribution in [2.24, 2.45) is 17.3 Å². The Morgan fingerprint density at radius 2 is 1.85 bits per heavy atom. The molecule has 0 saturated heterocycles. The van der Waals surface area contributed by atoms with E-state index in [4.69, 9.17) is 5.11 Å². The number of nitrogens with one attached hydrogen (secondary N) is 1. The summed E-state index contributed by atoms with van der Waals surface area (Å²) in [4.78, 5) is 23.2. The number of hydrogen-bond donors (Lipinski definition) is 2. The highest BCUT2D eigenvalue weighted by Crippen LogP contribution is 2.58. The topological polar surface area (TPSA) is 92.2 Å². The van der Waals surface area contributed by atoms with Gasteiger partial charge in [-0.2, -0.15) is 0 Å². The normalized spacial score (nSPS) is 24.2. The van der Waals surface area contributed by atoms with Gasteiger partial charge in [-0.1, -0.05) is 46.0 Å². The van der Waals surface area contributed by atoms with Crippen molar-refractivity contribution >= 4 is 28.3 Å². The molecule has 0 unspecified atom stereocenters. The third-order valence-corrected chi connectivity index (χ3v) is 4.94. The number of amides is 1. The van der Waals surface area contributed by atoms with Crippen LogP contribution in [-0.4, -0.2) is 27.2 Å². The number of carboxylic acid groups (broad SMARTS) is 1. The van der Waals surface area contributed by atoms with Crippen LogP contribution in [0.3, 0.4) is 0 Å². The van der Waals surface area contributed by atoms with Gasteiger partial charge in [0.15, 0.2) is 0 Å². The summed E-state index contributed by atoms with van der Waals surface area (Å²) in [7, 11) is 0. The maximum absolute atomic E-state index is 12.1. The zero-order valence-corrected chi connectivity index (χ0v) is 13.0. The van der Waals surface area contributed by atoms with Crippen LogP contribution in [0.25, 0.3) is 0 Å². The summed E-state index contributed by atoms with van der Waals surface area (Å²) < 4.78 is 0. The lowest BCUT2D eigenvalue weighted by Gasteiger charge is -2.12. The minimum absolute atomic E-state index is 0.122. The van der Waals surface area contributed by atoms with Crippen LogP contribution in [0.1, 0.15) is 39.6 Å². The summed E-state index contributed by atoms with van der Waals surface area (Å²) in [5, 5.41) is 21.0. The molecule has 110 valence electrons. The number of aliphatic carboxylic acids is 1. The second kappa shape index (κ2) is 4.51. The van der Waals surface area contributed by atoms with Crippen LogP contribution in [0.4, 0.5) is 5.13 Å². The highest BCUT2D eigenvalue weighted by molar-refractivity contribution is 7.15. The highest BCUT2D eigenvalue weighted by Gasteiger charge is 2.66. The second-order valence-corrected chi connectivity index (χ2v) is 7.74. The monoisotopic (exact) mass is 297 g/mol. The minimum Gasteiger partial charge on any atom is -0.481 e. The number of nitrogens with zero attached hydrogens (tertiary/aromatic N) is 2. The van der Waals surface area contributed by atoms with Crippen LogP contribution in [0.15, 0.2) is 0 Å². The molecular weight excluding hydrogens is 278 g/mol. The number of anilines is 1. The van der Waals surface area contributed by atoms with Crippen LogP contribution in [0.2, 0.25) is 0 Å². The molecule has 0 radical (unpaired) electrons. The third kappa shape index (κ3) is 2.54. The van der Waals surface area contributed by atoms with Crippen molar-refractivity contribution in [3.63, 3.8) is 0 Å². The van der Waals surface area contributed by atoms with Crippen molar-refractivity contribution in [3.05, 3.63) is 5.01 Å². The molecule has 2 rings (SSSR count). The number of carbonyl (C=O) groups excluding carboxylic acids is 1. The molecule has 1 fully saturated rings. The summed E-state index contributed by atoms with van der Waals surface area (Å²) in [6, 6.07) is 0. The molecule has 1 heterocycles. The van der Waals surface area contributed by atoms with E-state index in [1.807, 2.05) is 20.8 Å². The number of rotatable bonds is 3. The van der Waals surface area contributed by atoms with Crippen LogP contribution in [-0.2, 0) is 15.0 Å². The van der Waals surface area contributed by atoms with Gasteiger partial charge in [0.2, 0.25) is 11.0 Å². The van der Waals surface area contributed by atoms with E-state index < -0.39 is 23.2 Å². The predicted molar refractivity (Wildman–Crippen MR) is 75.6 cm³/mol. The predicted octanol–water partition coefficient (Wildman–Crippen LogP) is 2.13. The summed E-state index contributed by atoms with van der Waals surface area (Å²) in [5.74, 6) is -2.36. The largest absolute Gasteiger partial charge is 0.481 e. The van der Waals surface area contributed by atoms with E-state index in [2.05, 4.69) is 15.5 Å². The Bertz CT molecular complexity index is 559. The lowest BCUT2D eigenvalue weighted by molar-refractivity contribution is -0.140. The first-order chi connectivity index (χ1) is 9.05. The molecule has 1 aliphatic carbocycles. The lowest BCUT2D eigenvalue weighted by Crippen LogP contribution is -2.17. The van der Waals surface area contributed by atoms with E-state index in [0.29, 0.717) is 5.13 Å². The van der Waals surface area contributed by atoms with Gasteiger partial charge in [-0.05, 0) is 5.41 Å². The quantitative estimate of drug-likeness (QED) is 0.891. The molecule has 0 spiro atoms. The van der Waals surface area contributed by atoms with Gasteiger partial charge in [0.25, 0.3) is 0 Å². The molecule has 20 heavy (non-hydrogen) atoms. The summed E-state index contributed by atoms with van der Waals surface area (Å²) >= 11 is 1.32. The molecule has 0 aromatic carbocycles. The average molecular weight is 297 g/mol. The van der Waals surface area contributed by atoms with Gasteiger partial charge in [0, 0.05) is 5.41 Å². The Kier molecular flexibility index (Phi) is 3.36. The molecule has 1 aliphatic rings. The molecule has 0 aliphatic heterocycles. The molecule has 1 aromatic rings. The molecule has 1 amide bonds. The standard InChI is InChI=1S/C13H19N3O3S/c1-12(2,3)10-15-16-11(20-10)14-8(17)6-7(9(18)19)13(6,4)5/h6-7H,1-5H3,(H,18,19)(H,14,16,17)/t6-,7+/m1/s1. The lowest BCUT2D eigenvalue weighted by atomic mass is 9.98. The summed E-state index contributed by atoms with van der Waals surface area (Å²) in [6.07, 6.45) is 0. The number of carbonyl (C=O) groups is 2. The molecular formula is C13H19N3O3S.